The quantitative estimate of drug-likeness (QED) is 0.257. The molecule has 1 saturated heterocycles. The number of carbonyl (C=O) groups is 3. The molecule has 2 aliphatic heterocycles. The van der Waals surface area contributed by atoms with Gasteiger partial charge in [0.15, 0.2) is 0 Å². The zero-order valence-electron chi connectivity index (χ0n) is 18.0. The molecule has 162 valence electrons. The van der Waals surface area contributed by atoms with Crippen molar-refractivity contribution in [3.05, 3.63) is 65.7 Å². The molecule has 0 bridgehead atoms. The standard InChI is InChI=1S/C26H29NO4/c1-2-3-4-5-6-12-17-27-23(28)18-21(24(27)29)26(19-13-8-7-9-14-19)20-15-10-11-16-22(20)31-25(26)30/h7-11,13-16,21H,2-6,12,17-18H2,1H3/t21-,26+/m1/s1. The lowest BCUT2D eigenvalue weighted by molar-refractivity contribution is -0.145. The van der Waals surface area contributed by atoms with E-state index in [1.807, 2.05) is 42.5 Å². The van der Waals surface area contributed by atoms with Gasteiger partial charge in [0.2, 0.25) is 11.8 Å². The van der Waals surface area contributed by atoms with E-state index in [9.17, 15) is 14.4 Å². The molecule has 5 heteroatoms. The minimum Gasteiger partial charge on any atom is -0.425 e. The third kappa shape index (κ3) is 3.67. The lowest BCUT2D eigenvalue weighted by Crippen LogP contribution is -2.46. The molecule has 0 N–H and O–H groups in total. The van der Waals surface area contributed by atoms with Gasteiger partial charge in [-0.2, -0.15) is 0 Å². The van der Waals surface area contributed by atoms with Crippen molar-refractivity contribution in [2.75, 3.05) is 6.54 Å². The van der Waals surface area contributed by atoms with E-state index >= 15 is 0 Å². The van der Waals surface area contributed by atoms with Crippen LogP contribution < -0.4 is 4.74 Å². The zero-order valence-corrected chi connectivity index (χ0v) is 18.0. The van der Waals surface area contributed by atoms with E-state index in [1.165, 1.54) is 24.2 Å². The fraction of sp³-hybridized carbons (Fsp3) is 0.423. The van der Waals surface area contributed by atoms with Crippen LogP contribution in [0.3, 0.4) is 0 Å². The molecular weight excluding hydrogens is 390 g/mol. The second-order valence-electron chi connectivity index (χ2n) is 8.47. The summed E-state index contributed by atoms with van der Waals surface area (Å²) < 4.78 is 5.62. The summed E-state index contributed by atoms with van der Waals surface area (Å²) >= 11 is 0. The molecule has 0 saturated carbocycles. The van der Waals surface area contributed by atoms with Crippen molar-refractivity contribution in [1.82, 2.24) is 4.90 Å². The maximum absolute atomic E-state index is 13.5. The van der Waals surface area contributed by atoms with Gasteiger partial charge in [-0.05, 0) is 18.1 Å². The van der Waals surface area contributed by atoms with Gasteiger partial charge in [0.1, 0.15) is 11.2 Å². The molecule has 1 fully saturated rings. The van der Waals surface area contributed by atoms with Gasteiger partial charge in [0.05, 0.1) is 5.92 Å². The van der Waals surface area contributed by atoms with Crippen LogP contribution in [0.25, 0.3) is 0 Å². The van der Waals surface area contributed by atoms with E-state index in [1.54, 1.807) is 12.1 Å². The molecule has 5 nitrogen and oxygen atoms in total. The summed E-state index contributed by atoms with van der Waals surface area (Å²) in [4.78, 5) is 41.1. The number of hydrogen-bond acceptors (Lipinski definition) is 4. The number of para-hydroxylation sites is 1. The van der Waals surface area contributed by atoms with Crippen LogP contribution in [0.1, 0.15) is 63.0 Å². The van der Waals surface area contributed by atoms with Crippen molar-refractivity contribution in [1.29, 1.82) is 0 Å². The van der Waals surface area contributed by atoms with Crippen LogP contribution in [0.2, 0.25) is 0 Å². The topological polar surface area (TPSA) is 63.7 Å². The average Bonchev–Trinajstić information content (AvgIpc) is 3.24. The molecule has 31 heavy (non-hydrogen) atoms. The Balaban J connectivity index is 1.63. The lowest BCUT2D eigenvalue weighted by Gasteiger charge is -2.31. The molecule has 0 unspecified atom stereocenters. The van der Waals surface area contributed by atoms with Gasteiger partial charge in [0.25, 0.3) is 0 Å². The Hall–Kier alpha value is -2.95. The maximum Gasteiger partial charge on any atom is 0.327 e. The number of nitrogens with zero attached hydrogens (tertiary/aromatic N) is 1. The lowest BCUT2D eigenvalue weighted by atomic mass is 9.66. The molecule has 2 amide bonds. The van der Waals surface area contributed by atoms with E-state index in [0.717, 1.165) is 19.3 Å². The summed E-state index contributed by atoms with van der Waals surface area (Å²) in [6.45, 7) is 2.60. The van der Waals surface area contributed by atoms with Crippen molar-refractivity contribution < 1.29 is 19.1 Å². The van der Waals surface area contributed by atoms with Crippen molar-refractivity contribution in [2.24, 2.45) is 5.92 Å². The Labute approximate surface area is 183 Å². The molecule has 2 aromatic carbocycles. The van der Waals surface area contributed by atoms with E-state index in [4.69, 9.17) is 4.74 Å². The Morgan fingerprint density at radius 1 is 0.903 bits per heavy atom. The number of rotatable bonds is 9. The first-order valence-electron chi connectivity index (χ1n) is 11.3. The summed E-state index contributed by atoms with van der Waals surface area (Å²) in [5.74, 6) is -1.27. The van der Waals surface area contributed by atoms with E-state index in [0.29, 0.717) is 23.4 Å². The number of imide groups is 1. The van der Waals surface area contributed by atoms with Crippen LogP contribution in [-0.2, 0) is 19.8 Å². The van der Waals surface area contributed by atoms with E-state index in [-0.39, 0.29) is 18.2 Å². The minimum atomic E-state index is -1.29. The van der Waals surface area contributed by atoms with E-state index in [2.05, 4.69) is 6.92 Å². The Bertz CT molecular complexity index is 970. The van der Waals surface area contributed by atoms with Crippen molar-refractivity contribution in [3.8, 4) is 5.75 Å². The molecule has 0 radical (unpaired) electrons. The largest absolute Gasteiger partial charge is 0.425 e. The number of amides is 2. The number of unbranched alkanes of at least 4 members (excludes halogenated alkanes) is 5. The zero-order chi connectivity index (χ0) is 21.8. The van der Waals surface area contributed by atoms with Gasteiger partial charge in [-0.25, -0.2) is 0 Å². The van der Waals surface area contributed by atoms with Crippen LogP contribution in [0.15, 0.2) is 54.6 Å². The minimum absolute atomic E-state index is 0.0208. The maximum atomic E-state index is 13.5. The van der Waals surface area contributed by atoms with Gasteiger partial charge < -0.3 is 4.74 Å². The normalized spacial score (nSPS) is 22.7. The third-order valence-electron chi connectivity index (χ3n) is 6.57. The van der Waals surface area contributed by atoms with Gasteiger partial charge in [-0.1, -0.05) is 87.6 Å². The highest BCUT2D eigenvalue weighted by molar-refractivity contribution is 6.09. The van der Waals surface area contributed by atoms with Crippen molar-refractivity contribution in [2.45, 2.75) is 57.3 Å². The highest BCUT2D eigenvalue weighted by atomic mass is 16.5. The van der Waals surface area contributed by atoms with Gasteiger partial charge in [-0.15, -0.1) is 0 Å². The second kappa shape index (κ2) is 9.04. The fourth-order valence-corrected chi connectivity index (χ4v) is 4.98. The number of fused-ring (bicyclic) bond motifs is 1. The predicted molar refractivity (Wildman–Crippen MR) is 118 cm³/mol. The summed E-state index contributed by atoms with van der Waals surface area (Å²) in [5, 5.41) is 0. The van der Waals surface area contributed by atoms with Crippen molar-refractivity contribution in [3.63, 3.8) is 0 Å². The second-order valence-corrected chi connectivity index (χ2v) is 8.47. The fourth-order valence-electron chi connectivity index (χ4n) is 4.98. The molecule has 4 rings (SSSR count). The van der Waals surface area contributed by atoms with Gasteiger partial charge in [-0.3, -0.25) is 19.3 Å². The Morgan fingerprint density at radius 3 is 2.35 bits per heavy atom. The first kappa shape index (κ1) is 21.3. The van der Waals surface area contributed by atoms with Gasteiger partial charge in [0, 0.05) is 18.5 Å². The number of esters is 1. The molecular formula is C26H29NO4. The summed E-state index contributed by atoms with van der Waals surface area (Å²) in [6, 6.07) is 16.5. The van der Waals surface area contributed by atoms with Crippen LogP contribution in [0.4, 0.5) is 0 Å². The highest BCUT2D eigenvalue weighted by Crippen LogP contribution is 2.52. The number of ether oxygens (including phenoxy) is 1. The first-order chi connectivity index (χ1) is 15.1. The third-order valence-corrected chi connectivity index (χ3v) is 6.57. The summed E-state index contributed by atoms with van der Waals surface area (Å²) in [6.07, 6.45) is 6.51. The molecule has 0 spiro atoms. The monoisotopic (exact) mass is 419 g/mol. The molecule has 2 aliphatic rings. The smallest absolute Gasteiger partial charge is 0.327 e. The van der Waals surface area contributed by atoms with Crippen LogP contribution >= 0.6 is 0 Å². The highest BCUT2D eigenvalue weighted by Gasteiger charge is 2.61. The molecule has 0 aromatic heterocycles. The summed E-state index contributed by atoms with van der Waals surface area (Å²) in [5.41, 5.74) is 0.0665. The average molecular weight is 420 g/mol. The SMILES string of the molecule is CCCCCCCCN1C(=O)C[C@@H]([C@@]2(c3ccccc3)C(=O)Oc3ccccc32)C1=O. The molecule has 2 aromatic rings. The number of benzene rings is 2. The Kier molecular flexibility index (Phi) is 6.21. The molecule has 2 atom stereocenters. The number of hydrogen-bond donors (Lipinski definition) is 0. The first-order valence-corrected chi connectivity index (χ1v) is 11.3. The summed E-state index contributed by atoms with van der Waals surface area (Å²) in [7, 11) is 0. The molecule has 0 aliphatic carbocycles. The Morgan fingerprint density at radius 2 is 1.58 bits per heavy atom. The predicted octanol–water partition coefficient (Wildman–Crippen LogP) is 4.63. The van der Waals surface area contributed by atoms with Crippen LogP contribution in [0.5, 0.6) is 5.75 Å². The number of likely N-dealkylation sites (tertiary alicyclic amines) is 1. The van der Waals surface area contributed by atoms with Crippen LogP contribution in [-0.4, -0.2) is 29.2 Å². The van der Waals surface area contributed by atoms with E-state index < -0.39 is 17.3 Å². The molecule has 2 heterocycles. The number of carbonyl (C=O) groups excluding carboxylic acids is 3. The van der Waals surface area contributed by atoms with Crippen molar-refractivity contribution >= 4 is 17.8 Å². The van der Waals surface area contributed by atoms with Crippen LogP contribution in [0, 0.1) is 5.92 Å². The van der Waals surface area contributed by atoms with Gasteiger partial charge >= 0.3 is 5.97 Å².